The molecule has 40 heavy (non-hydrogen) atoms. The van der Waals surface area contributed by atoms with Crippen LogP contribution in [0.2, 0.25) is 0 Å². The molecule has 240 valence electrons. The van der Waals surface area contributed by atoms with Crippen molar-refractivity contribution in [3.05, 3.63) is 0 Å². The van der Waals surface area contributed by atoms with Crippen LogP contribution in [0.1, 0.15) is 0 Å². The molecule has 27 nitrogen and oxygen atoms in total. The standard InChI is InChI=1S/C6H19O27P7/c7-1-2(27-34(8,9)10)4(29-36(14,15)16)6(31-40(25,26)33-38(20,21)22)5(3(1)28-35(11,12)13)30-39(23,24)32-37(17,18)19/h1-7H,(H,23,24)(H,25,26)(H2,8,9,10)(H2,11,12,13)(H2,14,15,16)(H2,17,18,19)(H2,20,21,22)/t1-,2-,3+,4+,5-,6+/m0/s1. The van der Waals surface area contributed by atoms with E-state index in [0.29, 0.717) is 0 Å². The van der Waals surface area contributed by atoms with E-state index in [1.807, 2.05) is 0 Å². The minimum Gasteiger partial charge on any atom is -0.387 e. The summed E-state index contributed by atoms with van der Waals surface area (Å²) in [6.45, 7) is 0. The Labute approximate surface area is 219 Å². The number of hydrogen-bond acceptors (Lipinski definition) is 15. The Bertz CT molecular complexity index is 1230. The van der Waals surface area contributed by atoms with Crippen molar-refractivity contribution in [3.63, 3.8) is 0 Å². The molecule has 1 aliphatic carbocycles. The molecule has 8 atom stereocenters. The zero-order valence-electron chi connectivity index (χ0n) is 18.1. The topological polar surface area (TPSA) is 447 Å². The van der Waals surface area contributed by atoms with Gasteiger partial charge in [-0.15, -0.1) is 0 Å². The van der Waals surface area contributed by atoms with Crippen molar-refractivity contribution in [1.82, 2.24) is 0 Å². The summed E-state index contributed by atoms with van der Waals surface area (Å²) in [6.07, 6.45) is -19.5. The first-order chi connectivity index (χ1) is 17.3. The van der Waals surface area contributed by atoms with Crippen molar-refractivity contribution in [2.75, 3.05) is 0 Å². The molecule has 0 aromatic carbocycles. The molecular weight excluding hydrogens is 721 g/mol. The molecule has 0 amide bonds. The SMILES string of the molecule is O=P(O)(O)O[C@H]1[C@@H](OP(=O)(O)OP(=O)(O)O)[C@@H](OP(=O)(O)OP(=O)(O)O)[C@H](OP(=O)(O)O)[C@@H](O)[C@@H]1OP(=O)(O)O. The van der Waals surface area contributed by atoms with Crippen molar-refractivity contribution in [2.45, 2.75) is 36.6 Å². The molecular formula is C6H19O27P7. The Hall–Kier alpha value is 0.810. The van der Waals surface area contributed by atoms with Gasteiger partial charge in [-0.25, -0.2) is 32.0 Å². The highest BCUT2D eigenvalue weighted by molar-refractivity contribution is 7.61. The predicted molar refractivity (Wildman–Crippen MR) is 112 cm³/mol. The second kappa shape index (κ2) is 13.0. The average molecular weight is 740 g/mol. The lowest BCUT2D eigenvalue weighted by Gasteiger charge is -2.47. The van der Waals surface area contributed by atoms with Gasteiger partial charge in [-0.1, -0.05) is 0 Å². The molecule has 1 rings (SSSR count). The number of rotatable bonds is 14. The number of aliphatic hydroxyl groups is 1. The molecule has 0 aromatic rings. The van der Waals surface area contributed by atoms with Crippen molar-refractivity contribution in [1.29, 1.82) is 0 Å². The number of hydrogen-bond donors (Lipinski definition) is 13. The molecule has 0 heterocycles. The summed E-state index contributed by atoms with van der Waals surface area (Å²) in [5.74, 6) is 0. The van der Waals surface area contributed by atoms with Crippen molar-refractivity contribution in [2.24, 2.45) is 0 Å². The van der Waals surface area contributed by atoms with Crippen molar-refractivity contribution < 1.29 is 127 Å². The van der Waals surface area contributed by atoms with E-state index in [9.17, 15) is 56.6 Å². The minimum atomic E-state index is -6.43. The Balaban J connectivity index is 3.98. The van der Waals surface area contributed by atoms with Gasteiger partial charge in [0, 0.05) is 0 Å². The summed E-state index contributed by atoms with van der Waals surface area (Å²) in [5.41, 5.74) is 0. The van der Waals surface area contributed by atoms with Gasteiger partial charge in [-0.05, 0) is 0 Å². The molecule has 0 spiro atoms. The van der Waals surface area contributed by atoms with E-state index >= 15 is 0 Å². The summed E-state index contributed by atoms with van der Waals surface area (Å²) in [7, 11) is -43.1. The molecule has 1 aliphatic rings. The highest BCUT2D eigenvalue weighted by Gasteiger charge is 2.61. The Morgan fingerprint density at radius 3 is 0.825 bits per heavy atom. The molecule has 13 N–H and O–H groups in total. The van der Waals surface area contributed by atoms with Gasteiger partial charge in [-0.2, -0.15) is 8.62 Å². The van der Waals surface area contributed by atoms with Crippen LogP contribution in [0.15, 0.2) is 0 Å². The Morgan fingerprint density at radius 2 is 0.575 bits per heavy atom. The van der Waals surface area contributed by atoms with Crippen LogP contribution in [0, 0.1) is 0 Å². The van der Waals surface area contributed by atoms with Gasteiger partial charge in [0.15, 0.2) is 0 Å². The second-order valence-corrected chi connectivity index (χ2v) is 16.0. The van der Waals surface area contributed by atoms with E-state index in [1.54, 1.807) is 0 Å². The molecule has 0 bridgehead atoms. The van der Waals surface area contributed by atoms with Crippen LogP contribution in [0.25, 0.3) is 0 Å². The van der Waals surface area contributed by atoms with E-state index in [2.05, 4.69) is 31.2 Å². The molecule has 0 saturated heterocycles. The van der Waals surface area contributed by atoms with Gasteiger partial charge >= 0.3 is 54.8 Å². The van der Waals surface area contributed by atoms with Crippen LogP contribution >= 0.6 is 54.8 Å². The van der Waals surface area contributed by atoms with Crippen molar-refractivity contribution >= 4 is 54.8 Å². The zero-order chi connectivity index (χ0) is 31.9. The van der Waals surface area contributed by atoms with E-state index in [0.717, 1.165) is 0 Å². The molecule has 0 aromatic heterocycles. The normalized spacial score (nSPS) is 30.4. The number of phosphoric ester groups is 5. The van der Waals surface area contributed by atoms with Crippen LogP contribution < -0.4 is 0 Å². The minimum absolute atomic E-state index is 3.13. The maximum atomic E-state index is 12.2. The van der Waals surface area contributed by atoms with Gasteiger partial charge in [0.1, 0.15) is 36.6 Å². The lowest BCUT2D eigenvalue weighted by Crippen LogP contribution is -2.66. The third kappa shape index (κ3) is 14.5. The number of phosphoric acid groups is 7. The molecule has 0 radical (unpaired) electrons. The van der Waals surface area contributed by atoms with Gasteiger partial charge in [-0.3, -0.25) is 22.6 Å². The van der Waals surface area contributed by atoms with Crippen LogP contribution in [-0.4, -0.2) is 100 Å². The Morgan fingerprint density at radius 1 is 0.350 bits per heavy atom. The summed E-state index contributed by atoms with van der Waals surface area (Å²) in [5, 5.41) is 10.5. The summed E-state index contributed by atoms with van der Waals surface area (Å²) in [4.78, 5) is 109. The van der Waals surface area contributed by atoms with Gasteiger partial charge < -0.3 is 63.8 Å². The lowest BCUT2D eigenvalue weighted by molar-refractivity contribution is -0.205. The molecule has 1 fully saturated rings. The average Bonchev–Trinajstić information content (AvgIpc) is 2.57. The van der Waals surface area contributed by atoms with Crippen LogP contribution in [0.5, 0.6) is 0 Å². The van der Waals surface area contributed by atoms with E-state index < -0.39 is 91.4 Å². The number of aliphatic hydroxyl groups excluding tert-OH is 1. The lowest BCUT2D eigenvalue weighted by atomic mass is 9.85. The maximum Gasteiger partial charge on any atom is 0.481 e. The monoisotopic (exact) mass is 740 g/mol. The summed E-state index contributed by atoms with van der Waals surface area (Å²) >= 11 is 0. The fraction of sp³-hybridized carbons (Fsp3) is 1.00. The van der Waals surface area contributed by atoms with Crippen LogP contribution in [0.3, 0.4) is 0 Å². The predicted octanol–water partition coefficient (Wildman–Crippen LogP) is -3.02. The largest absolute Gasteiger partial charge is 0.481 e. The van der Waals surface area contributed by atoms with Gasteiger partial charge in [0.25, 0.3) is 0 Å². The summed E-state index contributed by atoms with van der Waals surface area (Å²) in [6, 6.07) is 0. The highest BCUT2D eigenvalue weighted by Crippen LogP contribution is 2.63. The first-order valence-corrected chi connectivity index (χ1v) is 19.4. The molecule has 0 aliphatic heterocycles. The van der Waals surface area contributed by atoms with E-state index in [4.69, 9.17) is 39.1 Å². The fourth-order valence-corrected chi connectivity index (χ4v) is 8.07. The zero-order valence-corrected chi connectivity index (χ0v) is 24.4. The second-order valence-electron chi connectivity index (χ2n) is 6.89. The molecule has 1 saturated carbocycles. The molecule has 34 heteroatoms. The third-order valence-corrected chi connectivity index (χ3v) is 9.60. The Kier molecular flexibility index (Phi) is 12.7. The first kappa shape index (κ1) is 38.8. The maximum absolute atomic E-state index is 12.2. The third-order valence-electron chi connectivity index (χ3n) is 3.67. The van der Waals surface area contributed by atoms with E-state index in [1.165, 1.54) is 0 Å². The van der Waals surface area contributed by atoms with Crippen molar-refractivity contribution in [3.8, 4) is 0 Å². The fourth-order valence-electron chi connectivity index (χ4n) is 2.83. The van der Waals surface area contributed by atoms with E-state index in [-0.39, 0.29) is 0 Å². The first-order valence-electron chi connectivity index (χ1n) is 8.76. The van der Waals surface area contributed by atoms with Gasteiger partial charge in [0.2, 0.25) is 0 Å². The van der Waals surface area contributed by atoms with Crippen LogP contribution in [-0.2, 0) is 63.2 Å². The quantitative estimate of drug-likeness (QED) is 0.0788. The smallest absolute Gasteiger partial charge is 0.387 e. The molecule has 2 unspecified atom stereocenters. The summed E-state index contributed by atoms with van der Waals surface area (Å²) < 4.78 is 108. The van der Waals surface area contributed by atoms with Gasteiger partial charge in [0.05, 0.1) is 0 Å². The van der Waals surface area contributed by atoms with Crippen LogP contribution in [0.4, 0.5) is 0 Å². The highest BCUT2D eigenvalue weighted by atomic mass is 31.3.